The predicted octanol–water partition coefficient (Wildman–Crippen LogP) is -1.48. The Morgan fingerprint density at radius 2 is 1.29 bits per heavy atom. The van der Waals surface area contributed by atoms with Crippen LogP contribution in [0, 0.1) is 5.92 Å². The molecule has 0 bridgehead atoms. The van der Waals surface area contributed by atoms with E-state index in [1.54, 1.807) is 6.92 Å². The van der Waals surface area contributed by atoms with Crippen LogP contribution >= 0.6 is 0 Å². The molecular weight excluding hydrogens is 276 g/mol. The summed E-state index contributed by atoms with van der Waals surface area (Å²) < 4.78 is 0. The van der Waals surface area contributed by atoms with Crippen LogP contribution in [-0.2, 0) is 19.2 Å². The van der Waals surface area contributed by atoms with Crippen LogP contribution in [0.5, 0.6) is 0 Å². The van der Waals surface area contributed by atoms with Gasteiger partial charge in [0.05, 0.1) is 0 Å². The summed E-state index contributed by atoms with van der Waals surface area (Å²) in [5.74, 6) is -1.37. The maximum atomic E-state index is 11.7. The molecule has 0 saturated heterocycles. The van der Waals surface area contributed by atoms with E-state index in [1.807, 2.05) is 0 Å². The lowest BCUT2D eigenvalue weighted by Crippen LogP contribution is -2.36. The zero-order valence-corrected chi connectivity index (χ0v) is 12.7. The number of amides is 4. The first-order valence-electron chi connectivity index (χ1n) is 6.86. The molecule has 120 valence electrons. The van der Waals surface area contributed by atoms with Gasteiger partial charge in [0.2, 0.25) is 23.6 Å². The fraction of sp³-hybridized carbons (Fsp3) is 0.692. The normalized spacial score (nSPS) is 11.2. The molecule has 8 heteroatoms. The van der Waals surface area contributed by atoms with E-state index < -0.39 is 5.92 Å². The Kier molecular flexibility index (Phi) is 9.57. The van der Waals surface area contributed by atoms with Crippen LogP contribution in [0.3, 0.4) is 0 Å². The van der Waals surface area contributed by atoms with Crippen molar-refractivity contribution >= 4 is 23.6 Å². The first-order chi connectivity index (χ1) is 9.90. The minimum atomic E-state index is -0.491. The number of nitrogens with one attached hydrogen (secondary N) is 4. The minimum Gasteiger partial charge on any atom is -0.359 e. The largest absolute Gasteiger partial charge is 0.359 e. The molecule has 0 rings (SSSR count). The van der Waals surface area contributed by atoms with Crippen LogP contribution in [0.15, 0.2) is 0 Å². The van der Waals surface area contributed by atoms with Crippen molar-refractivity contribution in [1.82, 2.24) is 21.3 Å². The molecule has 0 aromatic carbocycles. The molecule has 1 atom stereocenters. The van der Waals surface area contributed by atoms with Crippen LogP contribution in [0.25, 0.3) is 0 Å². The van der Waals surface area contributed by atoms with Gasteiger partial charge in [-0.2, -0.15) is 0 Å². The molecule has 0 spiro atoms. The lowest BCUT2D eigenvalue weighted by atomic mass is 10.1. The summed E-state index contributed by atoms with van der Waals surface area (Å²) >= 11 is 0. The second kappa shape index (κ2) is 10.6. The molecule has 0 saturated carbocycles. The lowest BCUT2D eigenvalue weighted by molar-refractivity contribution is -0.130. The van der Waals surface area contributed by atoms with Gasteiger partial charge in [0, 0.05) is 52.4 Å². The minimum absolute atomic E-state index is 0.0412. The van der Waals surface area contributed by atoms with Gasteiger partial charge >= 0.3 is 0 Å². The lowest BCUT2D eigenvalue weighted by Gasteiger charge is -2.12. The second-order valence-electron chi connectivity index (χ2n) is 4.59. The molecule has 0 aromatic heterocycles. The molecule has 0 heterocycles. The smallest absolute Gasteiger partial charge is 0.223 e. The molecule has 0 aromatic rings. The number of carbonyl (C=O) groups is 4. The third-order valence-electron chi connectivity index (χ3n) is 2.82. The number of carbonyl (C=O) groups excluding carboxylic acids is 4. The van der Waals surface area contributed by atoms with Crippen molar-refractivity contribution in [3.05, 3.63) is 0 Å². The average molecular weight is 300 g/mol. The summed E-state index contributed by atoms with van der Waals surface area (Å²) in [5, 5.41) is 10.1. The fourth-order valence-corrected chi connectivity index (χ4v) is 1.48. The highest BCUT2D eigenvalue weighted by atomic mass is 16.2. The third-order valence-corrected chi connectivity index (χ3v) is 2.82. The standard InChI is InChI=1S/C13H24N4O4/c1-9(13(21)17-7-5-11(19)15-3)8-12(20)16-6-4-10(18)14-2/h9H,4-8H2,1-3H3,(H,14,18)(H,15,19)(H,16,20)(H,17,21). The quantitative estimate of drug-likeness (QED) is 0.415. The van der Waals surface area contributed by atoms with Gasteiger partial charge in [-0.05, 0) is 0 Å². The Labute approximate surface area is 124 Å². The summed E-state index contributed by atoms with van der Waals surface area (Å²) in [6.07, 6.45) is 0.446. The van der Waals surface area contributed by atoms with Gasteiger partial charge in [-0.25, -0.2) is 0 Å². The average Bonchev–Trinajstić information content (AvgIpc) is 2.46. The van der Waals surface area contributed by atoms with Crippen molar-refractivity contribution in [3.8, 4) is 0 Å². The van der Waals surface area contributed by atoms with Crippen molar-refractivity contribution < 1.29 is 19.2 Å². The van der Waals surface area contributed by atoms with Crippen molar-refractivity contribution in [2.24, 2.45) is 5.92 Å². The zero-order valence-electron chi connectivity index (χ0n) is 12.7. The van der Waals surface area contributed by atoms with Gasteiger partial charge in [-0.15, -0.1) is 0 Å². The van der Waals surface area contributed by atoms with Crippen molar-refractivity contribution in [2.45, 2.75) is 26.2 Å². The van der Waals surface area contributed by atoms with Gasteiger partial charge < -0.3 is 21.3 Å². The molecule has 8 nitrogen and oxygen atoms in total. The number of rotatable bonds is 9. The van der Waals surface area contributed by atoms with E-state index in [9.17, 15) is 19.2 Å². The Bertz CT molecular complexity index is 384. The van der Waals surface area contributed by atoms with E-state index >= 15 is 0 Å². The van der Waals surface area contributed by atoms with Crippen LogP contribution < -0.4 is 21.3 Å². The summed E-state index contributed by atoms with van der Waals surface area (Å²) in [4.78, 5) is 45.2. The first-order valence-corrected chi connectivity index (χ1v) is 6.86. The maximum absolute atomic E-state index is 11.7. The maximum Gasteiger partial charge on any atom is 0.223 e. The van der Waals surface area contributed by atoms with E-state index in [0.717, 1.165) is 0 Å². The third kappa shape index (κ3) is 9.42. The van der Waals surface area contributed by atoms with Gasteiger partial charge in [0.25, 0.3) is 0 Å². The number of hydrogen-bond acceptors (Lipinski definition) is 4. The van der Waals surface area contributed by atoms with Crippen LogP contribution in [0.4, 0.5) is 0 Å². The predicted molar refractivity (Wildman–Crippen MR) is 77.2 cm³/mol. The second-order valence-corrected chi connectivity index (χ2v) is 4.59. The Balaban J connectivity index is 3.86. The summed E-state index contributed by atoms with van der Waals surface area (Å²) in [6, 6.07) is 0. The highest BCUT2D eigenvalue weighted by Crippen LogP contribution is 2.01. The topological polar surface area (TPSA) is 116 Å². The fourth-order valence-electron chi connectivity index (χ4n) is 1.48. The van der Waals surface area contributed by atoms with Crippen molar-refractivity contribution in [3.63, 3.8) is 0 Å². The number of hydrogen-bond donors (Lipinski definition) is 4. The van der Waals surface area contributed by atoms with Gasteiger partial charge in [0.1, 0.15) is 0 Å². The summed E-state index contributed by atoms with van der Waals surface area (Å²) in [7, 11) is 3.05. The van der Waals surface area contributed by atoms with Gasteiger partial charge in [0.15, 0.2) is 0 Å². The molecule has 0 aliphatic rings. The van der Waals surface area contributed by atoms with E-state index in [1.165, 1.54) is 14.1 Å². The highest BCUT2D eigenvalue weighted by Gasteiger charge is 2.16. The van der Waals surface area contributed by atoms with Crippen LogP contribution in [0.2, 0.25) is 0 Å². The van der Waals surface area contributed by atoms with Gasteiger partial charge in [-0.1, -0.05) is 6.92 Å². The molecule has 0 aliphatic heterocycles. The zero-order chi connectivity index (χ0) is 16.3. The van der Waals surface area contributed by atoms with Crippen molar-refractivity contribution in [1.29, 1.82) is 0 Å². The first kappa shape index (κ1) is 18.9. The molecule has 21 heavy (non-hydrogen) atoms. The molecule has 4 N–H and O–H groups in total. The molecule has 0 aliphatic carbocycles. The molecule has 0 fully saturated rings. The summed E-state index contributed by atoms with van der Waals surface area (Å²) in [6.45, 7) is 2.11. The Morgan fingerprint density at radius 1 is 0.810 bits per heavy atom. The van der Waals surface area contributed by atoms with E-state index in [2.05, 4.69) is 21.3 Å². The molecule has 4 amide bonds. The molecule has 0 radical (unpaired) electrons. The van der Waals surface area contributed by atoms with Crippen molar-refractivity contribution in [2.75, 3.05) is 27.2 Å². The SMILES string of the molecule is CNC(=O)CCNC(=O)CC(C)C(=O)NCCC(=O)NC. The van der Waals surface area contributed by atoms with Crippen LogP contribution in [-0.4, -0.2) is 50.8 Å². The van der Waals surface area contributed by atoms with Crippen LogP contribution in [0.1, 0.15) is 26.2 Å². The Morgan fingerprint density at radius 3 is 1.76 bits per heavy atom. The van der Waals surface area contributed by atoms with E-state index in [-0.39, 0.29) is 56.0 Å². The Hall–Kier alpha value is -2.12. The summed E-state index contributed by atoms with van der Waals surface area (Å²) in [5.41, 5.74) is 0. The molecular formula is C13H24N4O4. The molecule has 1 unspecified atom stereocenters. The monoisotopic (exact) mass is 300 g/mol. The highest BCUT2D eigenvalue weighted by molar-refractivity contribution is 5.86. The van der Waals surface area contributed by atoms with E-state index in [0.29, 0.717) is 0 Å². The van der Waals surface area contributed by atoms with E-state index in [4.69, 9.17) is 0 Å². The van der Waals surface area contributed by atoms with Gasteiger partial charge in [-0.3, -0.25) is 19.2 Å².